The van der Waals surface area contributed by atoms with E-state index in [1.54, 1.807) is 0 Å². The number of hydrogen-bond acceptors (Lipinski definition) is 2. The third-order valence-corrected chi connectivity index (χ3v) is 3.15. The summed E-state index contributed by atoms with van der Waals surface area (Å²) in [5, 5.41) is 7.10. The van der Waals surface area contributed by atoms with E-state index in [1.165, 1.54) is 0 Å². The Labute approximate surface area is 148 Å². The van der Waals surface area contributed by atoms with E-state index in [4.69, 9.17) is 17.0 Å². The highest BCUT2D eigenvalue weighted by molar-refractivity contribution is 7.80. The fourth-order valence-electron chi connectivity index (χ4n) is 1.66. The zero-order chi connectivity index (χ0) is 17.9. The van der Waals surface area contributed by atoms with E-state index in [9.17, 15) is 0 Å². The van der Waals surface area contributed by atoms with Gasteiger partial charge in [-0.25, -0.2) is 0 Å². The van der Waals surface area contributed by atoms with Crippen LogP contribution < -0.4 is 10.6 Å². The summed E-state index contributed by atoms with van der Waals surface area (Å²) in [5.41, 5.74) is 1.19. The molecule has 0 aliphatic heterocycles. The van der Waals surface area contributed by atoms with Crippen LogP contribution in [-0.2, 0) is 4.74 Å². The molecule has 0 amide bonds. The van der Waals surface area contributed by atoms with Crippen LogP contribution >= 0.6 is 12.2 Å². The van der Waals surface area contributed by atoms with E-state index >= 15 is 0 Å². The average molecular weight is 339 g/mol. The van der Waals surface area contributed by atoms with E-state index in [0.29, 0.717) is 11.7 Å². The molecule has 132 valence electrons. The van der Waals surface area contributed by atoms with Crippen molar-refractivity contribution in [1.29, 1.82) is 0 Å². The Morgan fingerprint density at radius 3 is 2.22 bits per heavy atom. The van der Waals surface area contributed by atoms with E-state index in [-0.39, 0.29) is 10.8 Å². The van der Waals surface area contributed by atoms with Crippen molar-refractivity contribution in [2.75, 3.05) is 19.8 Å². The van der Waals surface area contributed by atoms with Crippen LogP contribution in [0.15, 0.2) is 36.1 Å². The molecule has 2 N–H and O–H groups in total. The summed E-state index contributed by atoms with van der Waals surface area (Å²) >= 11 is 5.36. The Morgan fingerprint density at radius 2 is 1.70 bits per heavy atom. The monoisotopic (exact) mass is 338 g/mol. The van der Waals surface area contributed by atoms with Crippen LogP contribution in [0, 0.1) is 10.8 Å². The molecule has 0 rings (SSSR count). The summed E-state index contributed by atoms with van der Waals surface area (Å²) in [5.74, 6) is 0. The lowest BCUT2D eigenvalue weighted by molar-refractivity contribution is 0.0228. The van der Waals surface area contributed by atoms with E-state index in [0.717, 1.165) is 18.8 Å². The first-order valence-electron chi connectivity index (χ1n) is 8.18. The van der Waals surface area contributed by atoms with Crippen molar-refractivity contribution >= 4 is 17.3 Å². The molecule has 0 bridgehead atoms. The molecule has 0 aromatic rings. The van der Waals surface area contributed by atoms with Crippen molar-refractivity contribution in [3.05, 3.63) is 36.1 Å². The minimum absolute atomic E-state index is 0.0217. The Kier molecular flexibility index (Phi) is 10.1. The lowest BCUT2D eigenvalue weighted by Crippen LogP contribution is -2.41. The molecule has 0 aliphatic carbocycles. The lowest BCUT2D eigenvalue weighted by atomic mass is 9.94. The molecular weight excluding hydrogens is 304 g/mol. The summed E-state index contributed by atoms with van der Waals surface area (Å²) in [7, 11) is 0. The third kappa shape index (κ3) is 13.0. The Bertz CT molecular complexity index is 443. The maximum absolute atomic E-state index is 5.83. The molecule has 0 fully saturated rings. The molecular formula is C19H34N2OS. The van der Waals surface area contributed by atoms with Crippen molar-refractivity contribution in [1.82, 2.24) is 10.6 Å². The van der Waals surface area contributed by atoms with Gasteiger partial charge in [0.05, 0.1) is 13.2 Å². The standard InChI is InChI=1S/C19H34N2OS/c1-8-10-11-12-16(9-2)21-17(23)20-13-19(6,7)15-22-14-18(3,4)5/h8-12H,13-15H2,1-7H3,(H2,20,21,23)/b10-8-,12-11-,16-9+. The fourth-order valence-corrected chi connectivity index (χ4v) is 1.85. The van der Waals surface area contributed by atoms with Gasteiger partial charge in [0.2, 0.25) is 0 Å². The second kappa shape index (κ2) is 10.6. The molecule has 4 heteroatoms. The lowest BCUT2D eigenvalue weighted by Gasteiger charge is -2.28. The minimum atomic E-state index is 0.0217. The van der Waals surface area contributed by atoms with Crippen LogP contribution in [0.4, 0.5) is 0 Å². The van der Waals surface area contributed by atoms with E-state index < -0.39 is 0 Å². The molecule has 0 aromatic carbocycles. The van der Waals surface area contributed by atoms with E-state index in [1.807, 2.05) is 44.2 Å². The molecule has 0 spiro atoms. The molecule has 0 saturated carbocycles. The molecule has 0 radical (unpaired) electrons. The number of thiocarbonyl (C=S) groups is 1. The second-order valence-electron chi connectivity index (χ2n) is 7.65. The summed E-state index contributed by atoms with van der Waals surface area (Å²) in [6.45, 7) is 17.1. The summed E-state index contributed by atoms with van der Waals surface area (Å²) in [4.78, 5) is 0. The normalized spacial score (nSPS) is 13.8. The van der Waals surface area contributed by atoms with Crippen molar-refractivity contribution in [2.45, 2.75) is 48.5 Å². The van der Waals surface area contributed by atoms with Crippen LogP contribution in [0.5, 0.6) is 0 Å². The zero-order valence-electron chi connectivity index (χ0n) is 15.8. The first kappa shape index (κ1) is 21.9. The smallest absolute Gasteiger partial charge is 0.170 e. The van der Waals surface area contributed by atoms with Crippen LogP contribution in [0.2, 0.25) is 0 Å². The summed E-state index contributed by atoms with van der Waals surface area (Å²) in [6, 6.07) is 0. The highest BCUT2D eigenvalue weighted by Crippen LogP contribution is 2.18. The Hall–Kier alpha value is -1.13. The van der Waals surface area contributed by atoms with Crippen LogP contribution in [-0.4, -0.2) is 24.9 Å². The van der Waals surface area contributed by atoms with Crippen LogP contribution in [0.1, 0.15) is 48.5 Å². The highest BCUT2D eigenvalue weighted by Gasteiger charge is 2.20. The largest absolute Gasteiger partial charge is 0.380 e. The number of allylic oxidation sites excluding steroid dienone is 5. The van der Waals surface area contributed by atoms with Gasteiger partial charge in [-0.05, 0) is 37.6 Å². The molecule has 23 heavy (non-hydrogen) atoms. The first-order chi connectivity index (χ1) is 10.6. The first-order valence-corrected chi connectivity index (χ1v) is 8.59. The highest BCUT2D eigenvalue weighted by atomic mass is 32.1. The number of rotatable bonds is 8. The predicted octanol–water partition coefficient (Wildman–Crippen LogP) is 4.58. The minimum Gasteiger partial charge on any atom is -0.380 e. The average Bonchev–Trinajstić information content (AvgIpc) is 2.42. The van der Waals surface area contributed by atoms with Gasteiger partial charge in [0.1, 0.15) is 0 Å². The molecule has 0 aliphatic rings. The maximum Gasteiger partial charge on any atom is 0.170 e. The van der Waals surface area contributed by atoms with Crippen molar-refractivity contribution < 1.29 is 4.74 Å². The van der Waals surface area contributed by atoms with Gasteiger partial charge in [-0.2, -0.15) is 0 Å². The topological polar surface area (TPSA) is 33.3 Å². The molecule has 0 aromatic heterocycles. The number of ether oxygens (including phenoxy) is 1. The van der Waals surface area contributed by atoms with Gasteiger partial charge < -0.3 is 15.4 Å². The number of hydrogen-bond donors (Lipinski definition) is 2. The second-order valence-corrected chi connectivity index (χ2v) is 8.06. The Balaban J connectivity index is 4.25. The predicted molar refractivity (Wildman–Crippen MR) is 106 cm³/mol. The zero-order valence-corrected chi connectivity index (χ0v) is 16.6. The summed E-state index contributed by atoms with van der Waals surface area (Å²) < 4.78 is 5.83. The van der Waals surface area contributed by atoms with Gasteiger partial charge >= 0.3 is 0 Å². The fraction of sp³-hybridized carbons (Fsp3) is 0.632. The van der Waals surface area contributed by atoms with Crippen molar-refractivity contribution in [3.63, 3.8) is 0 Å². The number of nitrogens with one attached hydrogen (secondary N) is 2. The molecule has 0 atom stereocenters. The van der Waals surface area contributed by atoms with Gasteiger partial charge in [0.15, 0.2) is 5.11 Å². The molecule has 0 heterocycles. The van der Waals surface area contributed by atoms with E-state index in [2.05, 4.69) is 45.3 Å². The van der Waals surface area contributed by atoms with Gasteiger partial charge in [-0.1, -0.05) is 58.9 Å². The Morgan fingerprint density at radius 1 is 1.04 bits per heavy atom. The maximum atomic E-state index is 5.83. The van der Waals surface area contributed by atoms with Gasteiger partial charge in [0, 0.05) is 17.7 Å². The third-order valence-electron chi connectivity index (χ3n) is 2.90. The molecule has 0 saturated heterocycles. The quantitative estimate of drug-likeness (QED) is 0.501. The van der Waals surface area contributed by atoms with Crippen molar-refractivity contribution in [3.8, 4) is 0 Å². The van der Waals surface area contributed by atoms with Crippen LogP contribution in [0.25, 0.3) is 0 Å². The van der Waals surface area contributed by atoms with Crippen molar-refractivity contribution in [2.24, 2.45) is 10.8 Å². The van der Waals surface area contributed by atoms with Gasteiger partial charge in [0.25, 0.3) is 0 Å². The van der Waals surface area contributed by atoms with Gasteiger partial charge in [-0.3, -0.25) is 0 Å². The SMILES string of the molecule is C\C=C/C=C\C(=C/C)NC(=S)NCC(C)(C)COCC(C)(C)C. The van der Waals surface area contributed by atoms with Gasteiger partial charge in [-0.15, -0.1) is 0 Å². The summed E-state index contributed by atoms with van der Waals surface area (Å²) in [6.07, 6.45) is 9.93. The molecule has 0 unspecified atom stereocenters. The van der Waals surface area contributed by atoms with Crippen LogP contribution in [0.3, 0.4) is 0 Å². The molecule has 3 nitrogen and oxygen atoms in total.